The number of carbonyl (C=O) groups excluding carboxylic acids is 2. The normalized spacial score (nSPS) is 19.0. The number of nitrogens with one attached hydrogen (secondary N) is 1. The molecule has 1 aliphatic rings. The molecule has 0 aromatic heterocycles. The molecule has 1 aliphatic heterocycles. The van der Waals surface area contributed by atoms with Gasteiger partial charge in [-0.25, -0.2) is 4.57 Å². The maximum Gasteiger partial charge on any atom is 0.469 e. The van der Waals surface area contributed by atoms with Crippen LogP contribution in [0.15, 0.2) is 0 Å². The lowest BCUT2D eigenvalue weighted by atomic mass is 10.4. The number of likely N-dealkylation sites (N-methyl/N-ethyl adjacent to an activating group) is 1. The van der Waals surface area contributed by atoms with E-state index in [9.17, 15) is 14.2 Å². The first-order chi connectivity index (χ1) is 9.60. The van der Waals surface area contributed by atoms with E-state index in [1.807, 2.05) is 0 Å². The van der Waals surface area contributed by atoms with Gasteiger partial charge in [-0.05, 0) is 0 Å². The number of carbonyl (C=O) groups is 2. The highest BCUT2D eigenvalue weighted by Crippen LogP contribution is 2.35. The Labute approximate surface area is 126 Å². The molecule has 1 heterocycles. The third kappa shape index (κ3) is 6.15. The third-order valence-electron chi connectivity index (χ3n) is 2.73. The van der Waals surface area contributed by atoms with E-state index in [0.29, 0.717) is 0 Å². The number of likely N-dealkylation sites (tertiary alicyclic amines) is 1. The molecule has 0 radical (unpaired) electrons. The summed E-state index contributed by atoms with van der Waals surface area (Å²) >= 11 is 1.08. The first-order valence-corrected chi connectivity index (χ1v) is 8.48. The Hall–Kier alpha value is -0.930. The zero-order valence-electron chi connectivity index (χ0n) is 11.7. The Balaban J connectivity index is 2.49. The van der Waals surface area contributed by atoms with E-state index >= 15 is 0 Å². The van der Waals surface area contributed by atoms with E-state index in [1.165, 1.54) is 23.8 Å². The minimum atomic E-state index is -4.53. The Kier molecular flexibility index (Phi) is 6.36. The summed E-state index contributed by atoms with van der Waals surface area (Å²) in [5.74, 6) is -0.331. The number of phosphoric acid groups is 1. The summed E-state index contributed by atoms with van der Waals surface area (Å²) in [7, 11) is -3.02. The van der Waals surface area contributed by atoms with Crippen molar-refractivity contribution in [1.29, 1.82) is 5.41 Å². The van der Waals surface area contributed by atoms with E-state index < -0.39 is 7.82 Å². The van der Waals surface area contributed by atoms with Gasteiger partial charge in [0.2, 0.25) is 5.91 Å². The molecule has 0 spiro atoms. The van der Waals surface area contributed by atoms with E-state index in [1.54, 1.807) is 0 Å². The summed E-state index contributed by atoms with van der Waals surface area (Å²) in [5, 5.41) is 7.67. The highest BCUT2D eigenvalue weighted by molar-refractivity contribution is 8.14. The van der Waals surface area contributed by atoms with Gasteiger partial charge >= 0.3 is 7.82 Å². The van der Waals surface area contributed by atoms with Crippen LogP contribution in [0.25, 0.3) is 0 Å². The van der Waals surface area contributed by atoms with Crippen molar-refractivity contribution in [3.63, 3.8) is 0 Å². The number of hydrogen-bond acceptors (Lipinski definition) is 6. The average molecular weight is 339 g/mol. The summed E-state index contributed by atoms with van der Waals surface area (Å²) < 4.78 is 14.8. The van der Waals surface area contributed by atoms with Crippen molar-refractivity contribution in [2.75, 3.05) is 26.7 Å². The van der Waals surface area contributed by atoms with Crippen molar-refractivity contribution in [2.45, 2.75) is 18.6 Å². The third-order valence-corrected chi connectivity index (χ3v) is 4.23. The molecule has 120 valence electrons. The number of thioether (sulfide) groups is 1. The van der Waals surface area contributed by atoms with Crippen LogP contribution in [0.5, 0.6) is 0 Å². The monoisotopic (exact) mass is 339 g/mol. The molecule has 1 rings (SSSR count). The molecule has 3 N–H and O–H groups in total. The van der Waals surface area contributed by atoms with Crippen LogP contribution in [0.2, 0.25) is 0 Å². The summed E-state index contributed by atoms with van der Waals surface area (Å²) in [6.45, 7) is 1.48. The SMILES string of the molecule is CC(=O)SC1CC(=O)N(C(=N)N(C)CCOP(=O)(O)O)C1. The summed E-state index contributed by atoms with van der Waals surface area (Å²) in [6.07, 6.45) is 0.194. The second kappa shape index (κ2) is 7.37. The zero-order chi connectivity index (χ0) is 16.2. The molecular formula is C10H18N3O6PS. The van der Waals surface area contributed by atoms with Crippen molar-refractivity contribution in [3.05, 3.63) is 0 Å². The van der Waals surface area contributed by atoms with Gasteiger partial charge in [0.1, 0.15) is 0 Å². The lowest BCUT2D eigenvalue weighted by Crippen LogP contribution is -2.44. The van der Waals surface area contributed by atoms with Gasteiger partial charge in [0, 0.05) is 38.7 Å². The van der Waals surface area contributed by atoms with Gasteiger partial charge < -0.3 is 14.7 Å². The van der Waals surface area contributed by atoms with Gasteiger partial charge in [-0.1, -0.05) is 11.8 Å². The van der Waals surface area contributed by atoms with Crippen LogP contribution in [0.3, 0.4) is 0 Å². The maximum absolute atomic E-state index is 11.8. The smallest absolute Gasteiger partial charge is 0.343 e. The standard InChI is InChI=1S/C10H18N3O6PS/c1-7(14)21-8-5-9(15)13(6-8)10(11)12(2)3-4-19-20(16,17)18/h8,11H,3-6H2,1-2H3,(H2,16,17,18). The Morgan fingerprint density at radius 2 is 2.24 bits per heavy atom. The molecule has 1 unspecified atom stereocenters. The number of phosphoric ester groups is 1. The Bertz CT molecular complexity index is 481. The minimum absolute atomic E-state index is 0.0538. The molecule has 1 saturated heterocycles. The summed E-state index contributed by atoms with van der Waals surface area (Å²) in [6, 6.07) is 0. The lowest BCUT2D eigenvalue weighted by Gasteiger charge is -2.26. The molecule has 9 nitrogen and oxygen atoms in total. The van der Waals surface area contributed by atoms with Crippen LogP contribution in [-0.2, 0) is 18.7 Å². The molecule has 1 amide bonds. The number of guanidine groups is 1. The van der Waals surface area contributed by atoms with Crippen molar-refractivity contribution in [3.8, 4) is 0 Å². The highest BCUT2D eigenvalue weighted by Gasteiger charge is 2.34. The first-order valence-electron chi connectivity index (χ1n) is 6.07. The minimum Gasteiger partial charge on any atom is -0.343 e. The molecule has 0 aliphatic carbocycles. The first kappa shape index (κ1) is 18.1. The Morgan fingerprint density at radius 1 is 1.62 bits per heavy atom. The van der Waals surface area contributed by atoms with Crippen molar-refractivity contribution in [1.82, 2.24) is 9.80 Å². The van der Waals surface area contributed by atoms with Gasteiger partial charge in [-0.3, -0.25) is 24.4 Å². The van der Waals surface area contributed by atoms with Crippen LogP contribution in [-0.4, -0.2) is 68.6 Å². The van der Waals surface area contributed by atoms with Crippen LogP contribution < -0.4 is 0 Å². The molecule has 11 heteroatoms. The predicted molar refractivity (Wildman–Crippen MR) is 76.7 cm³/mol. The van der Waals surface area contributed by atoms with Crippen molar-refractivity contribution >= 4 is 36.6 Å². The van der Waals surface area contributed by atoms with Gasteiger partial charge in [-0.15, -0.1) is 0 Å². The topological polar surface area (TPSA) is 131 Å². The zero-order valence-corrected chi connectivity index (χ0v) is 13.4. The van der Waals surface area contributed by atoms with E-state index in [4.69, 9.17) is 15.2 Å². The van der Waals surface area contributed by atoms with Gasteiger partial charge in [-0.2, -0.15) is 0 Å². The number of nitrogens with zero attached hydrogens (tertiary/aromatic N) is 2. The second-order valence-corrected chi connectivity index (χ2v) is 7.23. The van der Waals surface area contributed by atoms with E-state index in [0.717, 1.165) is 11.8 Å². The fourth-order valence-corrected chi connectivity index (χ4v) is 3.04. The quantitative estimate of drug-likeness (QED) is 0.358. The van der Waals surface area contributed by atoms with E-state index in [2.05, 4.69) is 4.52 Å². The number of rotatable bonds is 5. The number of amides is 1. The average Bonchev–Trinajstić information content (AvgIpc) is 2.66. The van der Waals surface area contributed by atoms with Crippen molar-refractivity contribution < 1.29 is 28.5 Å². The van der Waals surface area contributed by atoms with Crippen LogP contribution in [0, 0.1) is 5.41 Å². The predicted octanol–water partition coefficient (Wildman–Crippen LogP) is -0.157. The molecule has 0 bridgehead atoms. The van der Waals surface area contributed by atoms with E-state index in [-0.39, 0.29) is 48.3 Å². The molecule has 1 fully saturated rings. The van der Waals surface area contributed by atoms with Gasteiger partial charge in [0.25, 0.3) is 0 Å². The summed E-state index contributed by atoms with van der Waals surface area (Å²) in [5.41, 5.74) is 0. The van der Waals surface area contributed by atoms with Crippen molar-refractivity contribution in [2.24, 2.45) is 0 Å². The lowest BCUT2D eigenvalue weighted by molar-refractivity contribution is -0.124. The molecule has 1 atom stereocenters. The van der Waals surface area contributed by atoms with Crippen LogP contribution in [0.4, 0.5) is 0 Å². The maximum atomic E-state index is 11.8. The fourth-order valence-electron chi connectivity index (χ4n) is 1.80. The molecule has 0 saturated carbocycles. The molecular weight excluding hydrogens is 321 g/mol. The Morgan fingerprint density at radius 3 is 2.76 bits per heavy atom. The largest absolute Gasteiger partial charge is 0.469 e. The second-order valence-electron chi connectivity index (χ2n) is 4.51. The van der Waals surface area contributed by atoms with Gasteiger partial charge in [0.05, 0.1) is 6.61 Å². The summed E-state index contributed by atoms with van der Waals surface area (Å²) in [4.78, 5) is 42.6. The van der Waals surface area contributed by atoms with Crippen LogP contribution >= 0.6 is 19.6 Å². The molecule has 0 aromatic carbocycles. The molecule has 0 aromatic rings. The van der Waals surface area contributed by atoms with Crippen LogP contribution in [0.1, 0.15) is 13.3 Å². The fraction of sp³-hybridized carbons (Fsp3) is 0.700. The number of hydrogen-bond donors (Lipinski definition) is 3. The van der Waals surface area contributed by atoms with Gasteiger partial charge in [0.15, 0.2) is 11.1 Å². The molecule has 21 heavy (non-hydrogen) atoms. The highest BCUT2D eigenvalue weighted by atomic mass is 32.2.